The molecule has 0 radical (unpaired) electrons. The predicted octanol–water partition coefficient (Wildman–Crippen LogP) is 3.85. The lowest BCUT2D eigenvalue weighted by molar-refractivity contribution is 0.0723. The minimum Gasteiger partial charge on any atom is -0.490 e. The molecule has 31 heavy (non-hydrogen) atoms. The molecule has 3 heterocycles. The molecular formula is C23H23FN4O3. The molecule has 3 aromatic rings. The van der Waals surface area contributed by atoms with Crippen molar-refractivity contribution in [3.8, 4) is 17.2 Å². The average Bonchev–Trinajstić information content (AvgIpc) is 3.34. The molecule has 8 heteroatoms. The van der Waals surface area contributed by atoms with Crippen molar-refractivity contribution in [3.05, 3.63) is 65.5 Å². The maximum absolute atomic E-state index is 13.3. The lowest BCUT2D eigenvalue weighted by Crippen LogP contribution is -2.31. The lowest BCUT2D eigenvalue weighted by atomic mass is 10.0. The molecular weight excluding hydrogens is 399 g/mol. The van der Waals surface area contributed by atoms with E-state index in [4.69, 9.17) is 9.47 Å². The van der Waals surface area contributed by atoms with Gasteiger partial charge in [0.05, 0.1) is 24.9 Å². The monoisotopic (exact) mass is 422 g/mol. The van der Waals surface area contributed by atoms with Crippen LogP contribution in [0.25, 0.3) is 5.69 Å². The van der Waals surface area contributed by atoms with Crippen molar-refractivity contribution in [2.45, 2.75) is 32.2 Å². The molecule has 1 amide bonds. The van der Waals surface area contributed by atoms with Crippen LogP contribution in [-0.2, 0) is 0 Å². The summed E-state index contributed by atoms with van der Waals surface area (Å²) in [4.78, 5) is 19.5. The Morgan fingerprint density at radius 3 is 2.65 bits per heavy atom. The van der Waals surface area contributed by atoms with Crippen LogP contribution >= 0.6 is 0 Å². The maximum Gasteiger partial charge on any atom is 0.294 e. The highest BCUT2D eigenvalue weighted by Gasteiger charge is 2.33. The Kier molecular flexibility index (Phi) is 5.05. The number of fused-ring (bicyclic) bond motifs is 1. The Morgan fingerprint density at radius 1 is 1.06 bits per heavy atom. The molecule has 7 nitrogen and oxygen atoms in total. The van der Waals surface area contributed by atoms with Gasteiger partial charge in [-0.25, -0.2) is 14.1 Å². The number of carbonyl (C=O) groups is 1. The van der Waals surface area contributed by atoms with Crippen molar-refractivity contribution in [1.82, 2.24) is 19.7 Å². The van der Waals surface area contributed by atoms with Crippen LogP contribution in [-0.4, -0.2) is 45.3 Å². The van der Waals surface area contributed by atoms with Crippen molar-refractivity contribution in [2.75, 3.05) is 19.8 Å². The highest BCUT2D eigenvalue weighted by Crippen LogP contribution is 2.38. The Balaban J connectivity index is 1.41. The van der Waals surface area contributed by atoms with E-state index in [-0.39, 0.29) is 23.6 Å². The molecule has 1 aromatic heterocycles. The quantitative estimate of drug-likeness (QED) is 0.641. The molecule has 0 bridgehead atoms. The van der Waals surface area contributed by atoms with E-state index >= 15 is 0 Å². The van der Waals surface area contributed by atoms with Crippen LogP contribution in [0.1, 0.15) is 47.3 Å². The second kappa shape index (κ2) is 8.02. The largest absolute Gasteiger partial charge is 0.490 e. The summed E-state index contributed by atoms with van der Waals surface area (Å²) in [5, 5.41) is 4.41. The first-order valence-corrected chi connectivity index (χ1v) is 10.5. The average molecular weight is 422 g/mol. The molecule has 1 saturated heterocycles. The second-order valence-electron chi connectivity index (χ2n) is 7.78. The zero-order valence-electron chi connectivity index (χ0n) is 17.3. The Morgan fingerprint density at radius 2 is 1.84 bits per heavy atom. The SMILES string of the molecule is Cc1nc(C(=O)N2CCC[C@H]2c2ccc3c(c2)OCCCO3)nn1-c1ccc(F)cc1. The van der Waals surface area contributed by atoms with Crippen molar-refractivity contribution < 1.29 is 18.7 Å². The number of nitrogens with zero attached hydrogens (tertiary/aromatic N) is 4. The predicted molar refractivity (Wildman–Crippen MR) is 111 cm³/mol. The fourth-order valence-electron chi connectivity index (χ4n) is 4.18. The van der Waals surface area contributed by atoms with Crippen LogP contribution in [0.15, 0.2) is 42.5 Å². The van der Waals surface area contributed by atoms with Gasteiger partial charge in [0.25, 0.3) is 5.91 Å². The minimum atomic E-state index is -0.326. The van der Waals surface area contributed by atoms with E-state index in [1.54, 1.807) is 23.7 Å². The third-order valence-electron chi connectivity index (χ3n) is 5.70. The third kappa shape index (κ3) is 3.73. The summed E-state index contributed by atoms with van der Waals surface area (Å²) in [5.41, 5.74) is 1.68. The van der Waals surface area contributed by atoms with E-state index in [1.807, 2.05) is 23.1 Å². The summed E-state index contributed by atoms with van der Waals surface area (Å²) in [5.74, 6) is 1.65. The van der Waals surface area contributed by atoms with Gasteiger partial charge in [0.1, 0.15) is 11.6 Å². The summed E-state index contributed by atoms with van der Waals surface area (Å²) in [6.07, 6.45) is 2.62. The van der Waals surface area contributed by atoms with Gasteiger partial charge in [-0.2, -0.15) is 0 Å². The van der Waals surface area contributed by atoms with Gasteiger partial charge in [0, 0.05) is 13.0 Å². The summed E-state index contributed by atoms with van der Waals surface area (Å²) < 4.78 is 26.4. The molecule has 0 N–H and O–H groups in total. The molecule has 0 saturated carbocycles. The van der Waals surface area contributed by atoms with E-state index in [0.29, 0.717) is 31.3 Å². The highest BCUT2D eigenvalue weighted by atomic mass is 19.1. The number of aromatic nitrogens is 3. The van der Waals surface area contributed by atoms with Crippen molar-refractivity contribution in [1.29, 1.82) is 0 Å². The van der Waals surface area contributed by atoms with Crippen LogP contribution in [0.2, 0.25) is 0 Å². The molecule has 160 valence electrons. The summed E-state index contributed by atoms with van der Waals surface area (Å²) in [6.45, 7) is 3.68. The molecule has 2 aromatic carbocycles. The van der Waals surface area contributed by atoms with Crippen LogP contribution in [0.4, 0.5) is 4.39 Å². The van der Waals surface area contributed by atoms with Gasteiger partial charge in [0.2, 0.25) is 5.82 Å². The minimum absolute atomic E-state index is 0.0669. The van der Waals surface area contributed by atoms with Gasteiger partial charge in [0.15, 0.2) is 11.5 Å². The van der Waals surface area contributed by atoms with Crippen LogP contribution < -0.4 is 9.47 Å². The van der Waals surface area contributed by atoms with Gasteiger partial charge >= 0.3 is 0 Å². The van der Waals surface area contributed by atoms with Crippen LogP contribution in [0.5, 0.6) is 11.5 Å². The van der Waals surface area contributed by atoms with E-state index in [0.717, 1.165) is 36.3 Å². The van der Waals surface area contributed by atoms with Crippen molar-refractivity contribution >= 4 is 5.91 Å². The fourth-order valence-corrected chi connectivity index (χ4v) is 4.18. The molecule has 1 atom stereocenters. The number of hydrogen-bond donors (Lipinski definition) is 0. The molecule has 2 aliphatic heterocycles. The first kappa shape index (κ1) is 19.5. The van der Waals surface area contributed by atoms with Gasteiger partial charge < -0.3 is 14.4 Å². The van der Waals surface area contributed by atoms with Gasteiger partial charge in [-0.05, 0) is 61.7 Å². The molecule has 1 fully saturated rings. The molecule has 5 rings (SSSR count). The Hall–Kier alpha value is -3.42. The number of likely N-dealkylation sites (tertiary alicyclic amines) is 1. The van der Waals surface area contributed by atoms with E-state index in [9.17, 15) is 9.18 Å². The molecule has 0 unspecified atom stereocenters. The number of benzene rings is 2. The van der Waals surface area contributed by atoms with E-state index < -0.39 is 0 Å². The topological polar surface area (TPSA) is 69.5 Å². The number of aryl methyl sites for hydroxylation is 1. The van der Waals surface area contributed by atoms with Gasteiger partial charge in [-0.3, -0.25) is 4.79 Å². The first-order chi connectivity index (χ1) is 15.1. The summed E-state index contributed by atoms with van der Waals surface area (Å²) in [6, 6.07) is 11.8. The number of rotatable bonds is 3. The Bertz CT molecular complexity index is 1110. The summed E-state index contributed by atoms with van der Waals surface area (Å²) in [7, 11) is 0. The molecule has 0 aliphatic carbocycles. The third-order valence-corrected chi connectivity index (χ3v) is 5.70. The molecule has 0 spiro atoms. The zero-order valence-corrected chi connectivity index (χ0v) is 17.3. The zero-order chi connectivity index (χ0) is 21.4. The smallest absolute Gasteiger partial charge is 0.294 e. The number of amides is 1. The standard InChI is InChI=1S/C23H23FN4O3/c1-15-25-22(26-28(15)18-8-6-17(24)7-9-18)23(29)27-11-2-4-19(27)16-5-10-20-21(14-16)31-13-3-12-30-20/h5-10,14,19H,2-4,11-13H2,1H3/t19-/m0/s1. The summed E-state index contributed by atoms with van der Waals surface area (Å²) >= 11 is 0. The number of carbonyl (C=O) groups excluding carboxylic acids is 1. The number of hydrogen-bond acceptors (Lipinski definition) is 5. The van der Waals surface area contributed by atoms with Gasteiger partial charge in [-0.15, -0.1) is 5.10 Å². The van der Waals surface area contributed by atoms with Gasteiger partial charge in [-0.1, -0.05) is 6.07 Å². The van der Waals surface area contributed by atoms with E-state index in [1.165, 1.54) is 12.1 Å². The fraction of sp³-hybridized carbons (Fsp3) is 0.348. The Labute approximate surface area is 179 Å². The highest BCUT2D eigenvalue weighted by molar-refractivity contribution is 5.91. The molecule has 2 aliphatic rings. The second-order valence-corrected chi connectivity index (χ2v) is 7.78. The normalized spacial score (nSPS) is 18.1. The number of halogens is 1. The lowest BCUT2D eigenvalue weighted by Gasteiger charge is -2.24. The maximum atomic E-state index is 13.3. The van der Waals surface area contributed by atoms with E-state index in [2.05, 4.69) is 10.1 Å². The van der Waals surface area contributed by atoms with Crippen molar-refractivity contribution in [3.63, 3.8) is 0 Å². The van der Waals surface area contributed by atoms with Crippen LogP contribution in [0, 0.1) is 12.7 Å². The first-order valence-electron chi connectivity index (χ1n) is 10.5. The van der Waals surface area contributed by atoms with Crippen molar-refractivity contribution in [2.24, 2.45) is 0 Å². The number of ether oxygens (including phenoxy) is 2. The van der Waals surface area contributed by atoms with Crippen LogP contribution in [0.3, 0.4) is 0 Å².